The van der Waals surface area contributed by atoms with E-state index in [9.17, 15) is 9.59 Å². The third-order valence-corrected chi connectivity index (χ3v) is 7.59. The number of thiophene rings is 1. The molecule has 3 heterocycles. The number of nitrogens with zero attached hydrogens (tertiary/aromatic N) is 4. The van der Waals surface area contributed by atoms with Gasteiger partial charge >= 0.3 is 0 Å². The molecule has 0 saturated carbocycles. The predicted molar refractivity (Wildman–Crippen MR) is 135 cm³/mol. The van der Waals surface area contributed by atoms with E-state index in [1.165, 1.54) is 11.3 Å². The highest BCUT2D eigenvalue weighted by Gasteiger charge is 2.45. The Balaban J connectivity index is 1.53. The number of amides is 2. The number of benzene rings is 1. The number of halogens is 1. The molecule has 34 heavy (non-hydrogen) atoms. The lowest BCUT2D eigenvalue weighted by Gasteiger charge is -2.31. The fraction of sp³-hybridized carbons (Fsp3) is 0.391. The van der Waals surface area contributed by atoms with Gasteiger partial charge in [0, 0.05) is 31.0 Å². The molecule has 2 aromatic rings. The minimum Gasteiger partial charge on any atom is -0.372 e. The Morgan fingerprint density at radius 3 is 2.76 bits per heavy atom. The van der Waals surface area contributed by atoms with Crippen LogP contribution in [0.4, 0.5) is 11.4 Å². The number of carbonyl (C=O) groups is 2. The van der Waals surface area contributed by atoms with Crippen LogP contribution in [0.3, 0.4) is 0 Å². The lowest BCUT2D eigenvalue weighted by molar-refractivity contribution is -0.121. The number of nitrogens with one attached hydrogen (secondary N) is 2. The molecule has 4 rings (SSSR count). The first-order valence-electron chi connectivity index (χ1n) is 10.8. The first kappa shape index (κ1) is 24.3. The number of rotatable bonds is 5. The highest BCUT2D eigenvalue weighted by molar-refractivity contribution is 9.11. The van der Waals surface area contributed by atoms with Gasteiger partial charge in [-0.25, -0.2) is 0 Å². The fourth-order valence-corrected chi connectivity index (χ4v) is 5.56. The van der Waals surface area contributed by atoms with Crippen LogP contribution in [-0.2, 0) is 9.53 Å². The number of hydrogen-bond donors (Lipinski definition) is 2. The van der Waals surface area contributed by atoms with Crippen LogP contribution in [0, 0.1) is 18.4 Å². The molecule has 0 radical (unpaired) electrons. The van der Waals surface area contributed by atoms with E-state index in [4.69, 9.17) is 10.00 Å². The van der Waals surface area contributed by atoms with Crippen molar-refractivity contribution in [1.82, 2.24) is 10.2 Å². The van der Waals surface area contributed by atoms with E-state index < -0.39 is 5.54 Å². The second kappa shape index (κ2) is 10.2. The second-order valence-corrected chi connectivity index (χ2v) is 10.9. The lowest BCUT2D eigenvalue weighted by Crippen LogP contribution is -2.58. The zero-order chi connectivity index (χ0) is 24.3. The molecule has 2 aliphatic rings. The van der Waals surface area contributed by atoms with E-state index in [0.29, 0.717) is 49.1 Å². The van der Waals surface area contributed by atoms with Crippen LogP contribution in [0.1, 0.15) is 21.7 Å². The van der Waals surface area contributed by atoms with Crippen LogP contribution in [0.25, 0.3) is 0 Å². The van der Waals surface area contributed by atoms with Gasteiger partial charge in [0.15, 0.2) is 0 Å². The van der Waals surface area contributed by atoms with Crippen LogP contribution in [-0.4, -0.2) is 68.0 Å². The van der Waals surface area contributed by atoms with Crippen LogP contribution >= 0.6 is 27.3 Å². The van der Waals surface area contributed by atoms with Gasteiger partial charge in [-0.2, -0.15) is 10.3 Å². The lowest BCUT2D eigenvalue weighted by atomic mass is 9.96. The normalized spacial score (nSPS) is 21.9. The Labute approximate surface area is 210 Å². The molecule has 2 fully saturated rings. The number of amidine groups is 1. The number of aliphatic imine (C=N–C) groups is 1. The Morgan fingerprint density at radius 2 is 2.12 bits per heavy atom. The molecule has 0 aliphatic carbocycles. The average Bonchev–Trinajstić information content (AvgIpc) is 3.41. The SMILES string of the molecule is Cc1cc(NC(=O)C2(NC(=O)c3ccc(Br)s3)CCN(C)C2)ccc1N1CCOCC1=NC#N. The number of ether oxygens (including phenoxy) is 1. The number of aryl methyl sites for hydroxylation is 1. The molecule has 1 aromatic carbocycles. The maximum atomic E-state index is 13.4. The van der Waals surface area contributed by atoms with Gasteiger partial charge in [0.1, 0.15) is 18.0 Å². The standard InChI is InChI=1S/C23H25BrN6O3S/c1-15-11-16(3-4-17(15)30-9-10-33-12-20(30)26-14-25)27-22(32)23(7-8-29(2)13-23)28-21(31)18-5-6-19(24)34-18/h3-6,11H,7-10,12-13H2,1-2H3,(H,27,32)(H,28,31). The summed E-state index contributed by atoms with van der Waals surface area (Å²) in [5.41, 5.74) is 1.45. The maximum Gasteiger partial charge on any atom is 0.262 e. The predicted octanol–water partition coefficient (Wildman–Crippen LogP) is 2.98. The molecule has 1 atom stereocenters. The molecular weight excluding hydrogens is 520 g/mol. The van der Waals surface area contributed by atoms with Crippen molar-refractivity contribution in [2.45, 2.75) is 18.9 Å². The van der Waals surface area contributed by atoms with Crippen LogP contribution in [0.2, 0.25) is 0 Å². The summed E-state index contributed by atoms with van der Waals surface area (Å²) in [5, 5.41) is 15.0. The number of carbonyl (C=O) groups excluding carboxylic acids is 2. The van der Waals surface area contributed by atoms with E-state index in [-0.39, 0.29) is 18.4 Å². The molecule has 1 unspecified atom stereocenters. The minimum absolute atomic E-state index is 0.244. The van der Waals surface area contributed by atoms with Gasteiger partial charge in [-0.15, -0.1) is 11.3 Å². The minimum atomic E-state index is -1.02. The molecule has 2 aliphatic heterocycles. The van der Waals surface area contributed by atoms with Crippen molar-refractivity contribution in [1.29, 1.82) is 5.26 Å². The van der Waals surface area contributed by atoms with Crippen molar-refractivity contribution in [2.24, 2.45) is 4.99 Å². The van der Waals surface area contributed by atoms with Crippen LogP contribution in [0.5, 0.6) is 0 Å². The highest BCUT2D eigenvalue weighted by Crippen LogP contribution is 2.29. The van der Waals surface area contributed by atoms with Gasteiger partial charge in [0.05, 0.1) is 15.3 Å². The summed E-state index contributed by atoms with van der Waals surface area (Å²) in [5.74, 6) is 0.0555. The first-order chi connectivity index (χ1) is 16.3. The Kier molecular flexibility index (Phi) is 7.33. The molecule has 0 spiro atoms. The van der Waals surface area contributed by atoms with Crippen molar-refractivity contribution in [3.8, 4) is 6.19 Å². The average molecular weight is 545 g/mol. The summed E-state index contributed by atoms with van der Waals surface area (Å²) >= 11 is 4.71. The topological polar surface area (TPSA) is 110 Å². The van der Waals surface area contributed by atoms with Gasteiger partial charge in [0.25, 0.3) is 11.8 Å². The van der Waals surface area contributed by atoms with Crippen molar-refractivity contribution in [2.75, 3.05) is 50.1 Å². The molecule has 2 saturated heterocycles. The Morgan fingerprint density at radius 1 is 1.29 bits per heavy atom. The van der Waals surface area contributed by atoms with Crippen molar-refractivity contribution in [3.63, 3.8) is 0 Å². The third kappa shape index (κ3) is 5.15. The quantitative estimate of drug-likeness (QED) is 0.560. The number of morpholine rings is 1. The largest absolute Gasteiger partial charge is 0.372 e. The van der Waals surface area contributed by atoms with E-state index in [1.807, 2.05) is 54.2 Å². The Hall–Kier alpha value is -2.78. The first-order valence-corrected chi connectivity index (χ1v) is 12.4. The van der Waals surface area contributed by atoms with Gasteiger partial charge in [-0.05, 0) is 72.2 Å². The summed E-state index contributed by atoms with van der Waals surface area (Å²) in [6.45, 7) is 4.49. The Bertz CT molecular complexity index is 1180. The number of hydrogen-bond acceptors (Lipinski definition) is 7. The highest BCUT2D eigenvalue weighted by atomic mass is 79.9. The molecule has 1 aromatic heterocycles. The van der Waals surface area contributed by atoms with Crippen molar-refractivity contribution < 1.29 is 14.3 Å². The zero-order valence-electron chi connectivity index (χ0n) is 18.9. The van der Waals surface area contributed by atoms with Crippen molar-refractivity contribution >= 4 is 56.3 Å². The van der Waals surface area contributed by atoms with E-state index >= 15 is 0 Å². The summed E-state index contributed by atoms with van der Waals surface area (Å²) in [7, 11) is 1.94. The van der Waals surface area contributed by atoms with Crippen molar-refractivity contribution in [3.05, 3.63) is 44.6 Å². The number of anilines is 2. The smallest absolute Gasteiger partial charge is 0.262 e. The summed E-state index contributed by atoms with van der Waals surface area (Å²) in [6, 6.07) is 9.17. The molecule has 2 N–H and O–H groups in total. The van der Waals surface area contributed by atoms with Gasteiger partial charge < -0.3 is 25.2 Å². The van der Waals surface area contributed by atoms with Gasteiger partial charge in [-0.1, -0.05) is 0 Å². The van der Waals surface area contributed by atoms with E-state index in [0.717, 1.165) is 15.0 Å². The molecule has 2 amide bonds. The van der Waals surface area contributed by atoms with Crippen LogP contribution in [0.15, 0.2) is 39.1 Å². The molecule has 178 valence electrons. The van der Waals surface area contributed by atoms with Gasteiger partial charge in [-0.3, -0.25) is 9.59 Å². The number of likely N-dealkylation sites (N-methyl/N-ethyl adjacent to an activating group) is 1. The van der Waals surface area contributed by atoms with E-state index in [1.54, 1.807) is 6.07 Å². The van der Waals surface area contributed by atoms with Crippen LogP contribution < -0.4 is 15.5 Å². The monoisotopic (exact) mass is 544 g/mol. The summed E-state index contributed by atoms with van der Waals surface area (Å²) in [4.78, 5) is 34.7. The number of nitriles is 1. The van der Waals surface area contributed by atoms with Gasteiger partial charge in [0.2, 0.25) is 6.19 Å². The number of likely N-dealkylation sites (tertiary alicyclic amines) is 1. The molecule has 11 heteroatoms. The molecule has 0 bridgehead atoms. The van der Waals surface area contributed by atoms with E-state index in [2.05, 4.69) is 31.6 Å². The summed E-state index contributed by atoms with van der Waals surface area (Å²) in [6.07, 6.45) is 2.35. The maximum absolute atomic E-state index is 13.4. The third-order valence-electron chi connectivity index (χ3n) is 5.97. The molecule has 9 nitrogen and oxygen atoms in total. The summed E-state index contributed by atoms with van der Waals surface area (Å²) < 4.78 is 6.28. The fourth-order valence-electron chi connectivity index (χ4n) is 4.28. The second-order valence-electron chi connectivity index (χ2n) is 8.42. The molecular formula is C23H25BrN6O3S. The zero-order valence-corrected chi connectivity index (χ0v) is 21.3.